The number of aliphatic imine (C=N–C) groups is 2. The predicted molar refractivity (Wildman–Crippen MR) is 67.6 cm³/mol. The van der Waals surface area contributed by atoms with Gasteiger partial charge in [0.15, 0.2) is 6.04 Å². The average molecular weight is 242 g/mol. The van der Waals surface area contributed by atoms with E-state index in [0.717, 1.165) is 0 Å². The number of methoxy groups -OCH3 is 2. The fourth-order valence-electron chi connectivity index (χ4n) is 1.79. The number of rotatable bonds is 3. The first kappa shape index (κ1) is 14.0. The maximum absolute atomic E-state index is 9.90. The SMILES string of the molecule is CCC(O)[C@@H]1N=C(OC)[C@@H](C(C)C)N=C1OC. The first-order valence-electron chi connectivity index (χ1n) is 5.96. The molecule has 1 heterocycles. The Kier molecular flexibility index (Phi) is 4.93. The maximum Gasteiger partial charge on any atom is 0.212 e. The van der Waals surface area contributed by atoms with E-state index < -0.39 is 12.1 Å². The van der Waals surface area contributed by atoms with Crippen molar-refractivity contribution in [3.63, 3.8) is 0 Å². The molecule has 3 atom stereocenters. The lowest BCUT2D eigenvalue weighted by Gasteiger charge is -2.28. The van der Waals surface area contributed by atoms with Crippen molar-refractivity contribution in [2.45, 2.75) is 45.4 Å². The molecule has 0 aromatic rings. The van der Waals surface area contributed by atoms with Gasteiger partial charge in [0.2, 0.25) is 11.8 Å². The highest BCUT2D eigenvalue weighted by Crippen LogP contribution is 2.19. The van der Waals surface area contributed by atoms with Gasteiger partial charge in [-0.05, 0) is 12.3 Å². The minimum Gasteiger partial charge on any atom is -0.483 e. The molecule has 0 bridgehead atoms. The summed E-state index contributed by atoms with van der Waals surface area (Å²) in [6, 6.07) is -0.579. The van der Waals surface area contributed by atoms with Crippen LogP contribution in [-0.2, 0) is 9.47 Å². The van der Waals surface area contributed by atoms with Gasteiger partial charge in [-0.25, -0.2) is 9.98 Å². The minimum absolute atomic E-state index is 0.129. The molecule has 0 aliphatic carbocycles. The van der Waals surface area contributed by atoms with E-state index in [-0.39, 0.29) is 12.0 Å². The zero-order valence-corrected chi connectivity index (χ0v) is 11.2. The molecule has 0 spiro atoms. The molecule has 0 radical (unpaired) electrons. The van der Waals surface area contributed by atoms with Crippen LogP contribution < -0.4 is 0 Å². The fourth-order valence-corrected chi connectivity index (χ4v) is 1.79. The number of aliphatic hydroxyl groups excluding tert-OH is 1. The number of hydrogen-bond acceptors (Lipinski definition) is 5. The van der Waals surface area contributed by atoms with Crippen molar-refractivity contribution in [1.29, 1.82) is 0 Å². The van der Waals surface area contributed by atoms with Crippen LogP contribution in [0.3, 0.4) is 0 Å². The van der Waals surface area contributed by atoms with E-state index >= 15 is 0 Å². The van der Waals surface area contributed by atoms with Crippen LogP contribution in [0, 0.1) is 5.92 Å². The lowest BCUT2D eigenvalue weighted by atomic mass is 10.0. The van der Waals surface area contributed by atoms with Crippen molar-refractivity contribution >= 4 is 11.8 Å². The first-order chi connectivity index (χ1) is 8.04. The van der Waals surface area contributed by atoms with Crippen LogP contribution in [0.15, 0.2) is 9.98 Å². The first-order valence-corrected chi connectivity index (χ1v) is 5.96. The lowest BCUT2D eigenvalue weighted by molar-refractivity contribution is 0.149. The highest BCUT2D eigenvalue weighted by Gasteiger charge is 2.33. The second-order valence-electron chi connectivity index (χ2n) is 4.45. The number of nitrogens with zero attached hydrogens (tertiary/aromatic N) is 2. The summed E-state index contributed by atoms with van der Waals surface area (Å²) < 4.78 is 10.5. The minimum atomic E-state index is -0.591. The monoisotopic (exact) mass is 242 g/mol. The van der Waals surface area contributed by atoms with Gasteiger partial charge in [-0.3, -0.25) is 0 Å². The quantitative estimate of drug-likeness (QED) is 0.810. The standard InChI is InChI=1S/C12H22N2O3/c1-6-8(15)10-12(17-5)13-9(7(2)3)11(14-10)16-4/h7-10,15H,6H2,1-5H3/t8?,9-,10+/m1/s1. The van der Waals surface area contributed by atoms with E-state index in [0.29, 0.717) is 18.2 Å². The van der Waals surface area contributed by atoms with E-state index in [1.165, 1.54) is 0 Å². The smallest absolute Gasteiger partial charge is 0.212 e. The summed E-state index contributed by atoms with van der Waals surface area (Å²) in [5.41, 5.74) is 0. The molecular weight excluding hydrogens is 220 g/mol. The van der Waals surface area contributed by atoms with E-state index in [4.69, 9.17) is 9.47 Å². The third-order valence-corrected chi connectivity index (χ3v) is 2.87. The predicted octanol–water partition coefficient (Wildman–Crippen LogP) is 1.25. The second kappa shape index (κ2) is 6.00. The maximum atomic E-state index is 9.90. The number of hydrogen-bond donors (Lipinski definition) is 1. The molecule has 0 saturated carbocycles. The third-order valence-electron chi connectivity index (χ3n) is 2.87. The Balaban J connectivity index is 3.02. The molecule has 98 valence electrons. The lowest BCUT2D eigenvalue weighted by Crippen LogP contribution is -2.42. The van der Waals surface area contributed by atoms with Crippen molar-refractivity contribution in [3.8, 4) is 0 Å². The van der Waals surface area contributed by atoms with Crippen molar-refractivity contribution in [2.75, 3.05) is 14.2 Å². The molecule has 1 N–H and O–H groups in total. The van der Waals surface area contributed by atoms with Crippen LogP contribution >= 0.6 is 0 Å². The van der Waals surface area contributed by atoms with Gasteiger partial charge in [-0.2, -0.15) is 0 Å². The Morgan fingerprint density at radius 2 is 1.59 bits per heavy atom. The van der Waals surface area contributed by atoms with Crippen molar-refractivity contribution < 1.29 is 14.6 Å². The Morgan fingerprint density at radius 3 is 2.00 bits per heavy atom. The topological polar surface area (TPSA) is 63.4 Å². The van der Waals surface area contributed by atoms with E-state index in [9.17, 15) is 5.11 Å². The summed E-state index contributed by atoms with van der Waals surface area (Å²) in [5.74, 6) is 1.33. The van der Waals surface area contributed by atoms with Crippen molar-refractivity contribution in [2.24, 2.45) is 15.9 Å². The summed E-state index contributed by atoms with van der Waals surface area (Å²) in [7, 11) is 3.13. The highest BCUT2D eigenvalue weighted by molar-refractivity contribution is 5.94. The van der Waals surface area contributed by atoms with E-state index in [1.54, 1.807) is 14.2 Å². The number of aliphatic hydroxyl groups is 1. The Hall–Kier alpha value is -1.10. The van der Waals surface area contributed by atoms with Crippen LogP contribution in [-0.4, -0.2) is 49.3 Å². The zero-order valence-electron chi connectivity index (χ0n) is 11.2. The van der Waals surface area contributed by atoms with Gasteiger partial charge >= 0.3 is 0 Å². The highest BCUT2D eigenvalue weighted by atomic mass is 16.5. The molecule has 17 heavy (non-hydrogen) atoms. The molecule has 0 fully saturated rings. The fraction of sp³-hybridized carbons (Fsp3) is 0.833. The normalized spacial score (nSPS) is 26.3. The van der Waals surface area contributed by atoms with Crippen LogP contribution in [0.2, 0.25) is 0 Å². The van der Waals surface area contributed by atoms with Gasteiger partial charge in [0, 0.05) is 0 Å². The molecule has 1 aliphatic heterocycles. The summed E-state index contributed by atoms with van der Waals surface area (Å²) in [6.07, 6.45) is 0.00633. The Labute approximate surface area is 103 Å². The molecule has 1 unspecified atom stereocenters. The van der Waals surface area contributed by atoms with Crippen molar-refractivity contribution in [3.05, 3.63) is 0 Å². The Bertz CT molecular complexity index is 313. The van der Waals surface area contributed by atoms with Gasteiger partial charge in [0.1, 0.15) is 6.04 Å². The van der Waals surface area contributed by atoms with Gasteiger partial charge in [0.25, 0.3) is 0 Å². The Morgan fingerprint density at radius 1 is 1.12 bits per heavy atom. The van der Waals surface area contributed by atoms with E-state index in [2.05, 4.69) is 9.98 Å². The van der Waals surface area contributed by atoms with Crippen LogP contribution in [0.5, 0.6) is 0 Å². The zero-order chi connectivity index (χ0) is 13.0. The second-order valence-corrected chi connectivity index (χ2v) is 4.45. The summed E-state index contributed by atoms with van der Waals surface area (Å²) in [4.78, 5) is 8.90. The van der Waals surface area contributed by atoms with Gasteiger partial charge < -0.3 is 14.6 Å². The molecule has 1 aliphatic rings. The largest absolute Gasteiger partial charge is 0.483 e. The van der Waals surface area contributed by atoms with Crippen LogP contribution in [0.1, 0.15) is 27.2 Å². The van der Waals surface area contributed by atoms with Gasteiger partial charge in [0.05, 0.1) is 20.3 Å². The molecule has 0 aromatic carbocycles. The molecule has 0 saturated heterocycles. The summed E-state index contributed by atoms with van der Waals surface area (Å²) in [6.45, 7) is 5.99. The van der Waals surface area contributed by atoms with Crippen LogP contribution in [0.25, 0.3) is 0 Å². The van der Waals surface area contributed by atoms with Gasteiger partial charge in [-0.15, -0.1) is 0 Å². The number of ether oxygens (including phenoxy) is 2. The van der Waals surface area contributed by atoms with E-state index in [1.807, 2.05) is 20.8 Å². The third kappa shape index (κ3) is 2.97. The molecule has 1 rings (SSSR count). The summed E-state index contributed by atoms with van der Waals surface area (Å²) in [5, 5.41) is 9.90. The molecule has 5 nitrogen and oxygen atoms in total. The van der Waals surface area contributed by atoms with Crippen LogP contribution in [0.4, 0.5) is 0 Å². The molecular formula is C12H22N2O3. The van der Waals surface area contributed by atoms with Crippen molar-refractivity contribution in [1.82, 2.24) is 0 Å². The van der Waals surface area contributed by atoms with Gasteiger partial charge in [-0.1, -0.05) is 20.8 Å². The molecule has 0 aromatic heterocycles. The molecule has 5 heteroatoms. The average Bonchev–Trinajstić information content (AvgIpc) is 2.35. The summed E-state index contributed by atoms with van der Waals surface area (Å²) >= 11 is 0. The molecule has 0 amide bonds.